The van der Waals surface area contributed by atoms with Gasteiger partial charge < -0.3 is 25.1 Å². The SMILES string of the molecule is NC(=O)c1cccc2ccc(Oc3nc4nc(-c5ccc(N6CCOCC6)cc5)c(Cl)cc4[nH]3)cc12. The third-order valence-corrected chi connectivity index (χ3v) is 6.54. The van der Waals surface area contributed by atoms with Crippen molar-refractivity contribution in [3.63, 3.8) is 0 Å². The molecule has 1 fully saturated rings. The summed E-state index contributed by atoms with van der Waals surface area (Å²) in [6.07, 6.45) is 0. The van der Waals surface area contributed by atoms with Crippen LogP contribution in [0.1, 0.15) is 10.4 Å². The maximum Gasteiger partial charge on any atom is 0.301 e. The zero-order valence-corrected chi connectivity index (χ0v) is 20.0. The highest BCUT2D eigenvalue weighted by Gasteiger charge is 2.15. The molecule has 3 N–H and O–H groups in total. The van der Waals surface area contributed by atoms with Crippen molar-refractivity contribution in [3.8, 4) is 23.0 Å². The van der Waals surface area contributed by atoms with Crippen LogP contribution < -0.4 is 15.4 Å². The molecule has 0 bridgehead atoms. The summed E-state index contributed by atoms with van der Waals surface area (Å²) in [6.45, 7) is 3.23. The Bertz CT molecular complexity index is 1590. The Kier molecular flexibility index (Phi) is 5.67. The molecule has 9 heteroatoms. The average molecular weight is 500 g/mol. The number of nitrogens with two attached hydrogens (primary N) is 1. The molecule has 0 spiro atoms. The molecule has 1 aliphatic heterocycles. The van der Waals surface area contributed by atoms with E-state index >= 15 is 0 Å². The largest absolute Gasteiger partial charge is 0.426 e. The summed E-state index contributed by atoms with van der Waals surface area (Å²) < 4.78 is 11.4. The molecule has 180 valence electrons. The molecule has 36 heavy (non-hydrogen) atoms. The highest BCUT2D eigenvalue weighted by molar-refractivity contribution is 6.33. The van der Waals surface area contributed by atoms with Crippen LogP contribution in [0.5, 0.6) is 11.8 Å². The summed E-state index contributed by atoms with van der Waals surface area (Å²) in [4.78, 5) is 26.4. The Hall–Kier alpha value is -4.14. The molecule has 3 aromatic carbocycles. The van der Waals surface area contributed by atoms with Gasteiger partial charge in [0.15, 0.2) is 5.65 Å². The molecular formula is C27H22ClN5O3. The third-order valence-electron chi connectivity index (χ3n) is 6.26. The van der Waals surface area contributed by atoms with E-state index in [0.29, 0.717) is 38.6 Å². The van der Waals surface area contributed by atoms with Crippen LogP contribution in [-0.2, 0) is 4.74 Å². The Balaban J connectivity index is 1.29. The number of ether oxygens (including phenoxy) is 2. The van der Waals surface area contributed by atoms with Crippen LogP contribution in [0.15, 0.2) is 66.7 Å². The lowest BCUT2D eigenvalue weighted by molar-refractivity contribution is 0.100. The predicted molar refractivity (Wildman–Crippen MR) is 140 cm³/mol. The fourth-order valence-corrected chi connectivity index (χ4v) is 4.70. The Labute approximate surface area is 211 Å². The number of rotatable bonds is 5. The summed E-state index contributed by atoms with van der Waals surface area (Å²) in [5.74, 6) is 0.0196. The van der Waals surface area contributed by atoms with Crippen molar-refractivity contribution < 1.29 is 14.3 Å². The molecule has 1 saturated heterocycles. The number of aromatic amines is 1. The zero-order chi connectivity index (χ0) is 24.6. The number of H-pyrrole nitrogens is 1. The first-order valence-corrected chi connectivity index (χ1v) is 11.9. The lowest BCUT2D eigenvalue weighted by Crippen LogP contribution is -2.36. The number of carbonyl (C=O) groups is 1. The van der Waals surface area contributed by atoms with Crippen LogP contribution in [0.25, 0.3) is 33.2 Å². The third kappa shape index (κ3) is 4.21. The highest BCUT2D eigenvalue weighted by atomic mass is 35.5. The molecule has 1 aliphatic rings. The van der Waals surface area contributed by atoms with Crippen LogP contribution in [0.2, 0.25) is 5.02 Å². The van der Waals surface area contributed by atoms with Gasteiger partial charge in [0.25, 0.3) is 0 Å². The molecule has 0 unspecified atom stereocenters. The van der Waals surface area contributed by atoms with E-state index in [4.69, 9.17) is 26.8 Å². The van der Waals surface area contributed by atoms with Crippen molar-refractivity contribution in [1.82, 2.24) is 15.0 Å². The van der Waals surface area contributed by atoms with E-state index in [1.807, 2.05) is 30.3 Å². The fourth-order valence-electron chi connectivity index (χ4n) is 4.44. The number of hydrogen-bond donors (Lipinski definition) is 2. The number of morpholine rings is 1. The number of hydrogen-bond acceptors (Lipinski definition) is 6. The number of pyridine rings is 1. The van der Waals surface area contributed by atoms with Crippen molar-refractivity contribution in [2.75, 3.05) is 31.2 Å². The van der Waals surface area contributed by atoms with Gasteiger partial charge in [-0.25, -0.2) is 4.98 Å². The highest BCUT2D eigenvalue weighted by Crippen LogP contribution is 2.32. The number of amides is 1. The number of halogens is 1. The van der Waals surface area contributed by atoms with E-state index in [0.717, 1.165) is 42.9 Å². The lowest BCUT2D eigenvalue weighted by atomic mass is 10.0. The first-order valence-electron chi connectivity index (χ1n) is 11.5. The van der Waals surface area contributed by atoms with Crippen LogP contribution in [-0.4, -0.2) is 47.2 Å². The molecule has 5 aromatic rings. The van der Waals surface area contributed by atoms with Crippen molar-refractivity contribution in [2.24, 2.45) is 5.73 Å². The topological polar surface area (TPSA) is 106 Å². The number of primary amides is 1. The normalized spacial score (nSPS) is 13.9. The van der Waals surface area contributed by atoms with E-state index < -0.39 is 5.91 Å². The van der Waals surface area contributed by atoms with E-state index in [-0.39, 0.29) is 6.01 Å². The van der Waals surface area contributed by atoms with Crippen LogP contribution >= 0.6 is 11.6 Å². The second-order valence-corrected chi connectivity index (χ2v) is 8.94. The van der Waals surface area contributed by atoms with Gasteiger partial charge in [-0.2, -0.15) is 4.98 Å². The minimum atomic E-state index is -0.495. The molecule has 0 radical (unpaired) electrons. The quantitative estimate of drug-likeness (QED) is 0.346. The maximum absolute atomic E-state index is 11.8. The predicted octanol–water partition coefficient (Wildman–Crippen LogP) is 5.16. The van der Waals surface area contributed by atoms with Gasteiger partial charge in [0.05, 0.1) is 29.4 Å². The van der Waals surface area contributed by atoms with Gasteiger partial charge in [0.1, 0.15) is 5.75 Å². The molecule has 0 saturated carbocycles. The Morgan fingerprint density at radius 2 is 1.83 bits per heavy atom. The summed E-state index contributed by atoms with van der Waals surface area (Å²) in [5.41, 5.74) is 9.79. The first-order chi connectivity index (χ1) is 17.5. The number of anilines is 1. The molecule has 8 nitrogen and oxygen atoms in total. The van der Waals surface area contributed by atoms with Crippen LogP contribution in [0, 0.1) is 0 Å². The van der Waals surface area contributed by atoms with Gasteiger partial charge in [-0.15, -0.1) is 0 Å². The second kappa shape index (κ2) is 9.14. The Morgan fingerprint density at radius 3 is 2.61 bits per heavy atom. The van der Waals surface area contributed by atoms with E-state index in [1.54, 1.807) is 24.3 Å². The number of aromatic nitrogens is 3. The van der Waals surface area contributed by atoms with E-state index in [9.17, 15) is 4.79 Å². The van der Waals surface area contributed by atoms with E-state index in [1.165, 1.54) is 0 Å². The summed E-state index contributed by atoms with van der Waals surface area (Å²) in [6, 6.07) is 21.1. The van der Waals surface area contributed by atoms with Gasteiger partial charge in [0, 0.05) is 29.9 Å². The minimum absolute atomic E-state index is 0.268. The molecule has 6 rings (SSSR count). The van der Waals surface area contributed by atoms with Gasteiger partial charge in [-0.1, -0.05) is 41.9 Å². The minimum Gasteiger partial charge on any atom is -0.426 e. The number of fused-ring (bicyclic) bond motifs is 2. The van der Waals surface area contributed by atoms with Crippen LogP contribution in [0.4, 0.5) is 5.69 Å². The van der Waals surface area contributed by atoms with Crippen molar-refractivity contribution in [3.05, 3.63) is 77.3 Å². The molecule has 3 heterocycles. The Morgan fingerprint density at radius 1 is 1.03 bits per heavy atom. The van der Waals surface area contributed by atoms with Gasteiger partial charge >= 0.3 is 6.01 Å². The zero-order valence-electron chi connectivity index (χ0n) is 19.2. The summed E-state index contributed by atoms with van der Waals surface area (Å²) >= 11 is 6.59. The molecular weight excluding hydrogens is 478 g/mol. The molecule has 2 aromatic heterocycles. The van der Waals surface area contributed by atoms with Gasteiger partial charge in [-0.3, -0.25) is 4.79 Å². The standard InChI is InChI=1S/C27H22ClN5O3/c28-22-15-23-26(31-24(22)17-4-7-18(8-5-17)33-10-12-35-13-11-33)32-27(30-23)36-19-9-6-16-2-1-3-20(25(29)34)21(16)14-19/h1-9,14-15H,10-13H2,(H2,29,34)(H,30,31,32). The van der Waals surface area contributed by atoms with Crippen molar-refractivity contribution in [1.29, 1.82) is 0 Å². The number of benzene rings is 3. The molecule has 0 aliphatic carbocycles. The van der Waals surface area contributed by atoms with Gasteiger partial charge in [-0.05, 0) is 47.2 Å². The molecule has 0 atom stereocenters. The molecule has 1 amide bonds. The average Bonchev–Trinajstić information content (AvgIpc) is 3.29. The van der Waals surface area contributed by atoms with Gasteiger partial charge in [0.2, 0.25) is 5.91 Å². The number of imidazole rings is 1. The fraction of sp³-hybridized carbons (Fsp3) is 0.148. The summed E-state index contributed by atoms with van der Waals surface area (Å²) in [7, 11) is 0. The van der Waals surface area contributed by atoms with Crippen LogP contribution in [0.3, 0.4) is 0 Å². The summed E-state index contributed by atoms with van der Waals surface area (Å²) in [5, 5.41) is 2.11. The van der Waals surface area contributed by atoms with Crippen molar-refractivity contribution in [2.45, 2.75) is 0 Å². The maximum atomic E-state index is 11.8. The lowest BCUT2D eigenvalue weighted by Gasteiger charge is -2.28. The number of nitrogens with zero attached hydrogens (tertiary/aromatic N) is 3. The number of carbonyl (C=O) groups excluding carboxylic acids is 1. The first kappa shape index (κ1) is 22.3. The second-order valence-electron chi connectivity index (χ2n) is 8.53. The monoisotopic (exact) mass is 499 g/mol. The number of nitrogens with one attached hydrogen (secondary N) is 1. The van der Waals surface area contributed by atoms with E-state index in [2.05, 4.69) is 32.0 Å². The smallest absolute Gasteiger partial charge is 0.301 e. The van der Waals surface area contributed by atoms with Crippen molar-refractivity contribution >= 4 is 45.1 Å².